The smallest absolute Gasteiger partial charge is 0.137 e. The van der Waals surface area contributed by atoms with Crippen LogP contribution in [0.25, 0.3) is 11.0 Å². The van der Waals surface area contributed by atoms with E-state index < -0.39 is 0 Å². The molecule has 0 radical (unpaired) electrons. The van der Waals surface area contributed by atoms with E-state index in [9.17, 15) is 5.11 Å². The third-order valence-electron chi connectivity index (χ3n) is 4.97. The van der Waals surface area contributed by atoms with Gasteiger partial charge >= 0.3 is 0 Å². The molecule has 3 aromatic rings. The van der Waals surface area contributed by atoms with Crippen LogP contribution in [0.3, 0.4) is 0 Å². The zero-order chi connectivity index (χ0) is 15.8. The topological polar surface area (TPSA) is 33.4 Å². The van der Waals surface area contributed by atoms with Crippen LogP contribution in [0.2, 0.25) is 0 Å². The van der Waals surface area contributed by atoms with E-state index in [1.165, 1.54) is 18.4 Å². The van der Waals surface area contributed by atoms with Crippen molar-refractivity contribution in [1.29, 1.82) is 0 Å². The lowest BCUT2D eigenvalue weighted by Gasteiger charge is -2.00. The van der Waals surface area contributed by atoms with Gasteiger partial charge in [0, 0.05) is 11.8 Å². The van der Waals surface area contributed by atoms with Gasteiger partial charge in [0.2, 0.25) is 0 Å². The molecule has 0 aliphatic heterocycles. The Labute approximate surface area is 136 Å². The van der Waals surface area contributed by atoms with Gasteiger partial charge in [-0.2, -0.15) is 0 Å². The Kier molecular flexibility index (Phi) is 3.70. The van der Waals surface area contributed by atoms with Crippen LogP contribution in [0.1, 0.15) is 28.9 Å². The predicted octanol–water partition coefficient (Wildman–Crippen LogP) is 4.65. The van der Waals surface area contributed by atoms with E-state index in [0.29, 0.717) is 0 Å². The lowest BCUT2D eigenvalue weighted by Crippen LogP contribution is -1.92. The molecule has 0 bridgehead atoms. The molecular formula is C21H22O2. The Morgan fingerprint density at radius 1 is 1.00 bits per heavy atom. The van der Waals surface area contributed by atoms with Crippen LogP contribution in [0.4, 0.5) is 0 Å². The zero-order valence-electron chi connectivity index (χ0n) is 13.5. The Hall–Kier alpha value is -2.06. The summed E-state index contributed by atoms with van der Waals surface area (Å²) in [5.41, 5.74) is 4.47. The molecule has 23 heavy (non-hydrogen) atoms. The third-order valence-corrected chi connectivity index (χ3v) is 4.97. The molecule has 0 saturated heterocycles. The molecule has 4 rings (SSSR count). The lowest BCUT2D eigenvalue weighted by molar-refractivity contribution is 0.282. The van der Waals surface area contributed by atoms with E-state index in [2.05, 4.69) is 36.4 Å². The summed E-state index contributed by atoms with van der Waals surface area (Å²) in [6.07, 6.45) is 3.51. The number of hydrogen-bond acceptors (Lipinski definition) is 2. The van der Waals surface area contributed by atoms with Crippen molar-refractivity contribution in [1.82, 2.24) is 0 Å². The molecule has 0 spiro atoms. The number of aliphatic hydroxyl groups is 1. The van der Waals surface area contributed by atoms with Gasteiger partial charge < -0.3 is 9.52 Å². The van der Waals surface area contributed by atoms with Gasteiger partial charge in [-0.3, -0.25) is 0 Å². The highest BCUT2D eigenvalue weighted by Gasteiger charge is 2.37. The van der Waals surface area contributed by atoms with Crippen molar-refractivity contribution in [3.63, 3.8) is 0 Å². The highest BCUT2D eigenvalue weighted by Crippen LogP contribution is 2.44. The number of aryl methyl sites for hydroxylation is 1. The Morgan fingerprint density at radius 2 is 1.78 bits per heavy atom. The predicted molar refractivity (Wildman–Crippen MR) is 92.3 cm³/mol. The van der Waals surface area contributed by atoms with Crippen molar-refractivity contribution < 1.29 is 9.52 Å². The molecule has 0 amide bonds. The number of rotatable bonds is 5. The maximum Gasteiger partial charge on any atom is 0.137 e. The largest absolute Gasteiger partial charge is 0.461 e. The van der Waals surface area contributed by atoms with Crippen LogP contribution in [0, 0.1) is 18.8 Å². The van der Waals surface area contributed by atoms with Crippen molar-refractivity contribution in [3.8, 4) is 0 Å². The molecule has 1 heterocycles. The first-order valence-electron chi connectivity index (χ1n) is 8.39. The van der Waals surface area contributed by atoms with Gasteiger partial charge in [-0.15, -0.1) is 0 Å². The van der Waals surface area contributed by atoms with Gasteiger partial charge in [0.15, 0.2) is 0 Å². The van der Waals surface area contributed by atoms with Gasteiger partial charge in [0.25, 0.3) is 0 Å². The second kappa shape index (κ2) is 5.86. The van der Waals surface area contributed by atoms with Crippen molar-refractivity contribution in [3.05, 3.63) is 71.0 Å². The normalized spacial score (nSPS) is 20.1. The van der Waals surface area contributed by atoms with Gasteiger partial charge in [-0.1, -0.05) is 36.4 Å². The Bertz CT molecular complexity index is 816. The molecule has 1 saturated carbocycles. The SMILES string of the molecule is Cc1cc(CO)cc2cc(CC3CC3Cc3ccccc3)oc12. The first-order chi connectivity index (χ1) is 11.2. The first kappa shape index (κ1) is 14.5. The molecule has 2 aromatic carbocycles. The molecule has 2 nitrogen and oxygen atoms in total. The molecule has 1 fully saturated rings. The minimum absolute atomic E-state index is 0.0824. The second-order valence-corrected chi connectivity index (χ2v) is 6.85. The van der Waals surface area contributed by atoms with E-state index in [0.717, 1.165) is 46.1 Å². The Balaban J connectivity index is 1.46. The molecule has 1 aliphatic carbocycles. The summed E-state index contributed by atoms with van der Waals surface area (Å²) in [5, 5.41) is 10.4. The monoisotopic (exact) mass is 306 g/mol. The number of hydrogen-bond donors (Lipinski definition) is 1. The fraction of sp³-hybridized carbons (Fsp3) is 0.333. The molecule has 1 aliphatic rings. The summed E-state index contributed by atoms with van der Waals surface area (Å²) >= 11 is 0. The van der Waals surface area contributed by atoms with Gasteiger partial charge in [-0.25, -0.2) is 0 Å². The van der Waals surface area contributed by atoms with Crippen molar-refractivity contribution in [2.45, 2.75) is 32.8 Å². The third kappa shape index (κ3) is 3.04. The molecule has 2 heteroatoms. The minimum Gasteiger partial charge on any atom is -0.461 e. The first-order valence-corrected chi connectivity index (χ1v) is 8.39. The molecule has 1 N–H and O–H groups in total. The fourth-order valence-electron chi connectivity index (χ4n) is 3.64. The van der Waals surface area contributed by atoms with Crippen LogP contribution in [-0.4, -0.2) is 5.11 Å². The molecular weight excluding hydrogens is 284 g/mol. The van der Waals surface area contributed by atoms with E-state index in [1.54, 1.807) is 0 Å². The minimum atomic E-state index is 0.0824. The van der Waals surface area contributed by atoms with Crippen molar-refractivity contribution >= 4 is 11.0 Å². The number of benzene rings is 2. The summed E-state index contributed by atoms with van der Waals surface area (Å²) in [4.78, 5) is 0. The average Bonchev–Trinajstić information content (AvgIpc) is 3.13. The number of aliphatic hydroxyl groups excluding tert-OH is 1. The van der Waals surface area contributed by atoms with Crippen LogP contribution in [-0.2, 0) is 19.4 Å². The summed E-state index contributed by atoms with van der Waals surface area (Å²) in [7, 11) is 0. The Morgan fingerprint density at radius 3 is 2.57 bits per heavy atom. The average molecular weight is 306 g/mol. The molecule has 2 atom stereocenters. The van der Waals surface area contributed by atoms with Crippen molar-refractivity contribution in [2.24, 2.45) is 11.8 Å². The van der Waals surface area contributed by atoms with E-state index in [4.69, 9.17) is 4.42 Å². The lowest BCUT2D eigenvalue weighted by atomic mass is 10.1. The van der Waals surface area contributed by atoms with E-state index in [-0.39, 0.29) is 6.61 Å². The van der Waals surface area contributed by atoms with Crippen LogP contribution in [0.5, 0.6) is 0 Å². The van der Waals surface area contributed by atoms with Gasteiger partial charge in [-0.05, 0) is 60.4 Å². The maximum absolute atomic E-state index is 9.33. The van der Waals surface area contributed by atoms with Crippen LogP contribution < -0.4 is 0 Å². The summed E-state index contributed by atoms with van der Waals surface area (Å²) in [6.45, 7) is 2.13. The number of fused-ring (bicyclic) bond motifs is 1. The summed E-state index contributed by atoms with van der Waals surface area (Å²) in [6, 6.07) is 16.9. The zero-order valence-corrected chi connectivity index (χ0v) is 13.5. The molecule has 1 aromatic heterocycles. The highest BCUT2D eigenvalue weighted by atomic mass is 16.3. The van der Waals surface area contributed by atoms with Crippen molar-refractivity contribution in [2.75, 3.05) is 0 Å². The summed E-state index contributed by atoms with van der Waals surface area (Å²) in [5.74, 6) is 2.62. The van der Waals surface area contributed by atoms with Gasteiger partial charge in [0.1, 0.15) is 11.3 Å². The number of furan rings is 1. The standard InChI is InChI=1S/C21H22O2/c1-14-7-16(13-22)9-19-12-20(23-21(14)19)11-18-10-17(18)8-15-5-3-2-4-6-15/h2-7,9,12,17-18,22H,8,10-11,13H2,1H3. The molecule has 118 valence electrons. The maximum atomic E-state index is 9.33. The van der Waals surface area contributed by atoms with Gasteiger partial charge in [0.05, 0.1) is 6.61 Å². The van der Waals surface area contributed by atoms with Crippen LogP contribution >= 0.6 is 0 Å². The highest BCUT2D eigenvalue weighted by molar-refractivity contribution is 5.81. The molecule has 2 unspecified atom stereocenters. The van der Waals surface area contributed by atoms with Crippen LogP contribution in [0.15, 0.2) is 52.9 Å². The quantitative estimate of drug-likeness (QED) is 0.744. The summed E-state index contributed by atoms with van der Waals surface area (Å²) < 4.78 is 6.07. The fourth-order valence-corrected chi connectivity index (χ4v) is 3.64. The van der Waals surface area contributed by atoms with E-state index in [1.807, 2.05) is 19.1 Å². The van der Waals surface area contributed by atoms with E-state index >= 15 is 0 Å². The second-order valence-electron chi connectivity index (χ2n) is 6.85.